The van der Waals surface area contributed by atoms with Gasteiger partial charge < -0.3 is 5.73 Å². The van der Waals surface area contributed by atoms with Crippen LogP contribution in [0.3, 0.4) is 0 Å². The molecule has 0 aromatic carbocycles. The summed E-state index contributed by atoms with van der Waals surface area (Å²) in [6, 6.07) is 5.87. The summed E-state index contributed by atoms with van der Waals surface area (Å²) in [4.78, 5) is 6.81. The third kappa shape index (κ3) is 2.95. The zero-order valence-electron chi connectivity index (χ0n) is 10.2. The van der Waals surface area contributed by atoms with Crippen LogP contribution in [0.4, 0.5) is 5.82 Å². The molecule has 2 rings (SSSR count). The molecule has 3 heteroatoms. The number of hydrogen-bond acceptors (Lipinski definition) is 3. The van der Waals surface area contributed by atoms with E-state index in [0.29, 0.717) is 11.2 Å². The molecular weight excluding hydrogens is 198 g/mol. The first-order chi connectivity index (χ1) is 7.55. The van der Waals surface area contributed by atoms with Crippen molar-refractivity contribution in [3.8, 4) is 0 Å². The maximum Gasteiger partial charge on any atom is 0.123 e. The Balaban J connectivity index is 1.92. The van der Waals surface area contributed by atoms with E-state index >= 15 is 0 Å². The van der Waals surface area contributed by atoms with Crippen molar-refractivity contribution in [1.82, 2.24) is 9.88 Å². The predicted molar refractivity (Wildman–Crippen MR) is 66.9 cm³/mol. The van der Waals surface area contributed by atoms with Gasteiger partial charge in [0, 0.05) is 6.54 Å². The second-order valence-electron chi connectivity index (χ2n) is 5.49. The van der Waals surface area contributed by atoms with Gasteiger partial charge >= 0.3 is 0 Å². The smallest absolute Gasteiger partial charge is 0.123 e. The quantitative estimate of drug-likeness (QED) is 0.829. The summed E-state index contributed by atoms with van der Waals surface area (Å²) in [5.74, 6) is 0.620. The summed E-state index contributed by atoms with van der Waals surface area (Å²) >= 11 is 0. The number of pyridine rings is 1. The number of nitrogens with zero attached hydrogens (tertiary/aromatic N) is 2. The lowest BCUT2D eigenvalue weighted by atomic mass is 9.83. The Morgan fingerprint density at radius 1 is 1.31 bits per heavy atom. The van der Waals surface area contributed by atoms with Gasteiger partial charge in [-0.25, -0.2) is 4.98 Å². The minimum Gasteiger partial charge on any atom is -0.384 e. The second-order valence-corrected chi connectivity index (χ2v) is 5.49. The van der Waals surface area contributed by atoms with Crippen molar-refractivity contribution in [1.29, 1.82) is 0 Å². The fraction of sp³-hybridized carbons (Fsp3) is 0.615. The van der Waals surface area contributed by atoms with Crippen LogP contribution in [0.5, 0.6) is 0 Å². The Hall–Kier alpha value is -1.09. The largest absolute Gasteiger partial charge is 0.384 e. The van der Waals surface area contributed by atoms with Crippen LogP contribution < -0.4 is 5.73 Å². The summed E-state index contributed by atoms with van der Waals surface area (Å²) in [5.41, 5.74) is 7.27. The van der Waals surface area contributed by atoms with E-state index in [0.717, 1.165) is 12.2 Å². The topological polar surface area (TPSA) is 42.1 Å². The first kappa shape index (κ1) is 11.4. The molecule has 1 saturated heterocycles. The SMILES string of the molecule is CC1(C)CCN(Cc2cccc(N)n2)CC1. The molecule has 88 valence electrons. The van der Waals surface area contributed by atoms with Crippen LogP contribution in [0.2, 0.25) is 0 Å². The molecule has 0 radical (unpaired) electrons. The molecule has 2 N–H and O–H groups in total. The van der Waals surface area contributed by atoms with Crippen molar-refractivity contribution in [2.75, 3.05) is 18.8 Å². The number of rotatable bonds is 2. The summed E-state index contributed by atoms with van der Waals surface area (Å²) in [6.07, 6.45) is 2.55. The lowest BCUT2D eigenvalue weighted by Crippen LogP contribution is -2.36. The van der Waals surface area contributed by atoms with Gasteiger partial charge in [0.1, 0.15) is 5.82 Å². The van der Waals surface area contributed by atoms with E-state index < -0.39 is 0 Å². The van der Waals surface area contributed by atoms with Gasteiger partial charge in [-0.3, -0.25) is 4.90 Å². The average molecular weight is 219 g/mol. The maximum absolute atomic E-state index is 5.68. The van der Waals surface area contributed by atoms with Crippen LogP contribution in [0.15, 0.2) is 18.2 Å². The number of hydrogen-bond donors (Lipinski definition) is 1. The highest BCUT2D eigenvalue weighted by Gasteiger charge is 2.25. The molecule has 1 aliphatic rings. The van der Waals surface area contributed by atoms with Crippen LogP contribution in [-0.2, 0) is 6.54 Å². The zero-order chi connectivity index (χ0) is 11.6. The molecule has 0 atom stereocenters. The number of nitrogens with two attached hydrogens (primary N) is 1. The van der Waals surface area contributed by atoms with Crippen LogP contribution in [0.1, 0.15) is 32.4 Å². The van der Waals surface area contributed by atoms with Crippen molar-refractivity contribution >= 4 is 5.82 Å². The molecule has 0 aliphatic carbocycles. The molecule has 0 bridgehead atoms. The van der Waals surface area contributed by atoms with E-state index in [4.69, 9.17) is 5.73 Å². The van der Waals surface area contributed by atoms with Gasteiger partial charge in [-0.1, -0.05) is 19.9 Å². The van der Waals surface area contributed by atoms with E-state index in [1.807, 2.05) is 12.1 Å². The maximum atomic E-state index is 5.68. The van der Waals surface area contributed by atoms with Gasteiger partial charge in [-0.05, 0) is 43.5 Å². The molecule has 0 amide bonds. The van der Waals surface area contributed by atoms with Crippen LogP contribution in [0, 0.1) is 5.41 Å². The van der Waals surface area contributed by atoms with Crippen LogP contribution in [-0.4, -0.2) is 23.0 Å². The van der Waals surface area contributed by atoms with Crippen molar-refractivity contribution in [3.05, 3.63) is 23.9 Å². The third-order valence-electron chi connectivity index (χ3n) is 3.42. The van der Waals surface area contributed by atoms with Crippen molar-refractivity contribution in [2.45, 2.75) is 33.2 Å². The highest BCUT2D eigenvalue weighted by atomic mass is 15.1. The molecule has 1 fully saturated rings. The minimum absolute atomic E-state index is 0.514. The summed E-state index contributed by atoms with van der Waals surface area (Å²) in [7, 11) is 0. The first-order valence-electron chi connectivity index (χ1n) is 5.99. The fourth-order valence-corrected chi connectivity index (χ4v) is 2.13. The summed E-state index contributed by atoms with van der Waals surface area (Å²) < 4.78 is 0. The van der Waals surface area contributed by atoms with E-state index in [2.05, 4.69) is 29.8 Å². The molecule has 1 aromatic rings. The second kappa shape index (κ2) is 4.42. The average Bonchev–Trinajstić information content (AvgIpc) is 2.21. The van der Waals surface area contributed by atoms with Crippen molar-refractivity contribution < 1.29 is 0 Å². The van der Waals surface area contributed by atoms with Gasteiger partial charge in [-0.2, -0.15) is 0 Å². The lowest BCUT2D eigenvalue weighted by molar-refractivity contribution is 0.126. The molecule has 2 heterocycles. The normalized spacial score (nSPS) is 20.9. The predicted octanol–water partition coefficient (Wildman–Crippen LogP) is 2.29. The number of piperidine rings is 1. The van der Waals surface area contributed by atoms with E-state index in [1.165, 1.54) is 25.9 Å². The molecule has 1 aliphatic heterocycles. The third-order valence-corrected chi connectivity index (χ3v) is 3.42. The van der Waals surface area contributed by atoms with E-state index in [-0.39, 0.29) is 0 Å². The Morgan fingerprint density at radius 3 is 2.62 bits per heavy atom. The van der Waals surface area contributed by atoms with Gasteiger partial charge in [0.25, 0.3) is 0 Å². The highest BCUT2D eigenvalue weighted by molar-refractivity contribution is 5.28. The molecule has 1 aromatic heterocycles. The fourth-order valence-electron chi connectivity index (χ4n) is 2.13. The number of anilines is 1. The van der Waals surface area contributed by atoms with Gasteiger partial charge in [-0.15, -0.1) is 0 Å². The van der Waals surface area contributed by atoms with E-state index in [9.17, 15) is 0 Å². The Morgan fingerprint density at radius 2 is 2.00 bits per heavy atom. The molecule has 0 saturated carbocycles. The van der Waals surface area contributed by atoms with E-state index in [1.54, 1.807) is 0 Å². The number of nitrogen functional groups attached to an aromatic ring is 1. The molecular formula is C13H21N3. The molecule has 3 nitrogen and oxygen atoms in total. The number of likely N-dealkylation sites (tertiary alicyclic amines) is 1. The summed E-state index contributed by atoms with van der Waals surface area (Å²) in [5, 5.41) is 0. The summed E-state index contributed by atoms with van der Waals surface area (Å²) in [6.45, 7) is 7.97. The number of aromatic nitrogens is 1. The molecule has 0 spiro atoms. The van der Waals surface area contributed by atoms with Crippen LogP contribution >= 0.6 is 0 Å². The highest BCUT2D eigenvalue weighted by Crippen LogP contribution is 2.30. The van der Waals surface area contributed by atoms with Crippen molar-refractivity contribution in [3.63, 3.8) is 0 Å². The van der Waals surface area contributed by atoms with Crippen LogP contribution in [0.25, 0.3) is 0 Å². The monoisotopic (exact) mass is 219 g/mol. The van der Waals surface area contributed by atoms with Gasteiger partial charge in [0.15, 0.2) is 0 Å². The van der Waals surface area contributed by atoms with Gasteiger partial charge in [0.2, 0.25) is 0 Å². The molecule has 0 unspecified atom stereocenters. The minimum atomic E-state index is 0.514. The lowest BCUT2D eigenvalue weighted by Gasteiger charge is -2.36. The Labute approximate surface area is 97.7 Å². The Kier molecular flexibility index (Phi) is 3.15. The molecule has 16 heavy (non-hydrogen) atoms. The first-order valence-corrected chi connectivity index (χ1v) is 5.99. The standard InChI is InChI=1S/C13H21N3/c1-13(2)6-8-16(9-7-13)10-11-4-3-5-12(14)15-11/h3-5H,6-10H2,1-2H3,(H2,14,15). The Bertz CT molecular complexity index is 350. The van der Waals surface area contributed by atoms with Gasteiger partial charge in [0.05, 0.1) is 5.69 Å². The van der Waals surface area contributed by atoms with Crippen molar-refractivity contribution in [2.24, 2.45) is 5.41 Å². The zero-order valence-corrected chi connectivity index (χ0v) is 10.2.